The third kappa shape index (κ3) is 3.34. The van der Waals surface area contributed by atoms with Crippen molar-refractivity contribution in [3.05, 3.63) is 42.1 Å². The molecule has 0 saturated carbocycles. The van der Waals surface area contributed by atoms with Crippen molar-refractivity contribution >= 4 is 28.8 Å². The van der Waals surface area contributed by atoms with Gasteiger partial charge in [-0.3, -0.25) is 0 Å². The summed E-state index contributed by atoms with van der Waals surface area (Å²) < 4.78 is 10.7. The Bertz CT molecular complexity index is 857. The summed E-state index contributed by atoms with van der Waals surface area (Å²) in [6.45, 7) is 3.51. The highest BCUT2D eigenvalue weighted by Crippen LogP contribution is 2.34. The average Bonchev–Trinajstić information content (AvgIpc) is 3.16. The molecule has 8 heteroatoms. The zero-order chi connectivity index (χ0) is 17.9. The minimum atomic E-state index is 0.259. The van der Waals surface area contributed by atoms with Gasteiger partial charge in [0.25, 0.3) is 0 Å². The van der Waals surface area contributed by atoms with Crippen LogP contribution < -0.4 is 19.7 Å². The van der Waals surface area contributed by atoms with E-state index in [4.69, 9.17) is 27.0 Å². The first-order chi connectivity index (χ1) is 12.7. The predicted molar refractivity (Wildman–Crippen MR) is 102 cm³/mol. The zero-order valence-electron chi connectivity index (χ0n) is 14.0. The number of benzene rings is 1. The summed E-state index contributed by atoms with van der Waals surface area (Å²) in [5, 5.41) is 12.8. The Morgan fingerprint density at radius 2 is 1.92 bits per heavy atom. The monoisotopic (exact) mass is 367 g/mol. The summed E-state index contributed by atoms with van der Waals surface area (Å²) in [6.07, 6.45) is 1.60. The summed E-state index contributed by atoms with van der Waals surface area (Å²) in [4.78, 5) is 8.69. The van der Waals surface area contributed by atoms with Gasteiger partial charge in [0.2, 0.25) is 6.79 Å². The molecule has 1 aromatic heterocycles. The number of ether oxygens (including phenoxy) is 2. The van der Waals surface area contributed by atoms with Crippen LogP contribution in [0.4, 0.5) is 11.5 Å². The number of piperazine rings is 1. The van der Waals surface area contributed by atoms with Crippen molar-refractivity contribution in [1.29, 1.82) is 5.26 Å². The van der Waals surface area contributed by atoms with Crippen LogP contribution in [0.5, 0.6) is 11.5 Å². The van der Waals surface area contributed by atoms with E-state index in [1.54, 1.807) is 12.3 Å². The van der Waals surface area contributed by atoms with Crippen molar-refractivity contribution in [3.63, 3.8) is 0 Å². The van der Waals surface area contributed by atoms with Gasteiger partial charge in [-0.15, -0.1) is 0 Å². The lowest BCUT2D eigenvalue weighted by Gasteiger charge is -2.36. The summed E-state index contributed by atoms with van der Waals surface area (Å²) in [5.74, 6) is 2.37. The van der Waals surface area contributed by atoms with E-state index in [0.29, 0.717) is 10.7 Å². The third-order valence-electron chi connectivity index (χ3n) is 4.39. The normalized spacial score (nSPS) is 15.5. The fraction of sp³-hybridized carbons (Fsp3) is 0.278. The van der Waals surface area contributed by atoms with Gasteiger partial charge in [0.05, 0.1) is 5.56 Å². The fourth-order valence-corrected chi connectivity index (χ4v) is 3.26. The molecule has 0 aliphatic carbocycles. The number of nitrogens with zero attached hydrogens (tertiary/aromatic N) is 4. The molecule has 4 rings (SSSR count). The highest BCUT2D eigenvalue weighted by atomic mass is 32.1. The molecule has 0 unspecified atom stereocenters. The molecule has 7 nitrogen and oxygen atoms in total. The van der Waals surface area contributed by atoms with Crippen molar-refractivity contribution < 1.29 is 9.47 Å². The molecule has 0 radical (unpaired) electrons. The Morgan fingerprint density at radius 1 is 1.12 bits per heavy atom. The van der Waals surface area contributed by atoms with Crippen LogP contribution in [-0.2, 0) is 0 Å². The van der Waals surface area contributed by atoms with Crippen LogP contribution in [0.25, 0.3) is 0 Å². The van der Waals surface area contributed by atoms with E-state index in [-0.39, 0.29) is 6.79 Å². The Labute approximate surface area is 156 Å². The molecule has 2 aliphatic rings. The SMILES string of the molecule is N#Cc1ccc(N2CCN(C(=S)Nc3ccc4c(c3)OCO4)CC2)nc1. The molecule has 0 amide bonds. The molecule has 26 heavy (non-hydrogen) atoms. The zero-order valence-corrected chi connectivity index (χ0v) is 14.8. The van der Waals surface area contributed by atoms with Crippen molar-refractivity contribution in [3.8, 4) is 17.6 Å². The molecule has 1 N–H and O–H groups in total. The van der Waals surface area contributed by atoms with Gasteiger partial charge in [-0.05, 0) is 36.5 Å². The van der Waals surface area contributed by atoms with Crippen LogP contribution in [0.2, 0.25) is 0 Å². The van der Waals surface area contributed by atoms with Crippen LogP contribution in [-0.4, -0.2) is 48.0 Å². The van der Waals surface area contributed by atoms with Crippen molar-refractivity contribution in [2.24, 2.45) is 0 Å². The first-order valence-corrected chi connectivity index (χ1v) is 8.70. The van der Waals surface area contributed by atoms with Gasteiger partial charge in [0, 0.05) is 44.1 Å². The summed E-state index contributed by atoms with van der Waals surface area (Å²) in [5.41, 5.74) is 1.46. The number of nitrogens with one attached hydrogen (secondary N) is 1. The average molecular weight is 367 g/mol. The summed E-state index contributed by atoms with van der Waals surface area (Å²) >= 11 is 5.54. The first-order valence-electron chi connectivity index (χ1n) is 8.29. The largest absolute Gasteiger partial charge is 0.454 e. The molecule has 3 heterocycles. The lowest BCUT2D eigenvalue weighted by Crippen LogP contribution is -2.50. The van der Waals surface area contributed by atoms with Crippen molar-refractivity contribution in [2.75, 3.05) is 43.2 Å². The van der Waals surface area contributed by atoms with E-state index in [9.17, 15) is 0 Å². The number of thiocarbonyl (C=S) groups is 1. The van der Waals surface area contributed by atoms with E-state index in [0.717, 1.165) is 49.2 Å². The Hall–Kier alpha value is -3.05. The maximum absolute atomic E-state index is 8.86. The summed E-state index contributed by atoms with van der Waals surface area (Å²) in [7, 11) is 0. The van der Waals surface area contributed by atoms with E-state index in [1.807, 2.05) is 24.3 Å². The van der Waals surface area contributed by atoms with Crippen LogP contribution in [0.3, 0.4) is 0 Å². The smallest absolute Gasteiger partial charge is 0.231 e. The van der Waals surface area contributed by atoms with Gasteiger partial charge in [-0.25, -0.2) is 4.98 Å². The van der Waals surface area contributed by atoms with E-state index < -0.39 is 0 Å². The van der Waals surface area contributed by atoms with Crippen molar-refractivity contribution in [2.45, 2.75) is 0 Å². The predicted octanol–water partition coefficient (Wildman–Crippen LogP) is 2.20. The van der Waals surface area contributed by atoms with Gasteiger partial charge in [0.15, 0.2) is 16.6 Å². The van der Waals surface area contributed by atoms with E-state index in [1.165, 1.54) is 0 Å². The number of anilines is 2. The minimum Gasteiger partial charge on any atom is -0.454 e. The highest BCUT2D eigenvalue weighted by Gasteiger charge is 2.20. The molecule has 132 valence electrons. The molecule has 1 aromatic carbocycles. The number of nitriles is 1. The first kappa shape index (κ1) is 16.4. The topological polar surface area (TPSA) is 73.7 Å². The molecule has 2 aliphatic heterocycles. The van der Waals surface area contributed by atoms with Gasteiger partial charge >= 0.3 is 0 Å². The molecule has 1 fully saturated rings. The fourth-order valence-electron chi connectivity index (χ4n) is 2.95. The van der Waals surface area contributed by atoms with E-state index >= 15 is 0 Å². The molecule has 0 spiro atoms. The Morgan fingerprint density at radius 3 is 2.65 bits per heavy atom. The second-order valence-electron chi connectivity index (χ2n) is 5.99. The maximum Gasteiger partial charge on any atom is 0.231 e. The number of pyridine rings is 1. The van der Waals surface area contributed by atoms with Crippen LogP contribution in [0.1, 0.15) is 5.56 Å². The second kappa shape index (κ2) is 7.06. The highest BCUT2D eigenvalue weighted by molar-refractivity contribution is 7.80. The molecule has 1 saturated heterocycles. The number of hydrogen-bond donors (Lipinski definition) is 1. The number of fused-ring (bicyclic) bond motifs is 1. The van der Waals surface area contributed by atoms with Crippen LogP contribution in [0, 0.1) is 11.3 Å². The van der Waals surface area contributed by atoms with E-state index in [2.05, 4.69) is 26.2 Å². The quantitative estimate of drug-likeness (QED) is 0.810. The van der Waals surface area contributed by atoms with Crippen LogP contribution >= 0.6 is 12.2 Å². The van der Waals surface area contributed by atoms with Crippen LogP contribution in [0.15, 0.2) is 36.5 Å². The molecule has 0 bridgehead atoms. The number of hydrogen-bond acceptors (Lipinski definition) is 6. The molecule has 0 atom stereocenters. The summed E-state index contributed by atoms with van der Waals surface area (Å²) in [6, 6.07) is 11.5. The lowest BCUT2D eigenvalue weighted by molar-refractivity contribution is 0.174. The molecular weight excluding hydrogens is 350 g/mol. The van der Waals surface area contributed by atoms with Gasteiger partial charge in [-0.2, -0.15) is 5.26 Å². The lowest BCUT2D eigenvalue weighted by atomic mass is 10.2. The Kier molecular flexibility index (Phi) is 4.46. The second-order valence-corrected chi connectivity index (χ2v) is 6.38. The van der Waals surface area contributed by atoms with Gasteiger partial charge < -0.3 is 24.6 Å². The number of rotatable bonds is 2. The Balaban J connectivity index is 1.34. The third-order valence-corrected chi connectivity index (χ3v) is 4.75. The maximum atomic E-state index is 8.86. The minimum absolute atomic E-state index is 0.259. The van der Waals surface area contributed by atoms with Crippen molar-refractivity contribution in [1.82, 2.24) is 9.88 Å². The van der Waals surface area contributed by atoms with Gasteiger partial charge in [0.1, 0.15) is 11.9 Å². The number of aromatic nitrogens is 1. The molecular formula is C18H17N5O2S. The van der Waals surface area contributed by atoms with Gasteiger partial charge in [-0.1, -0.05) is 0 Å². The standard InChI is InChI=1S/C18H17N5O2S/c19-10-13-1-4-17(20-11-13)22-5-7-23(8-6-22)18(26)21-14-2-3-15-16(9-14)25-12-24-15/h1-4,9,11H,5-8,12H2,(H,21,26). The molecule has 2 aromatic rings.